The minimum atomic E-state index is -0.225. The van der Waals surface area contributed by atoms with E-state index in [4.69, 9.17) is 5.73 Å². The molecule has 0 aromatic heterocycles. The Bertz CT molecular complexity index is 478. The zero-order valence-electron chi connectivity index (χ0n) is 10.6. The summed E-state index contributed by atoms with van der Waals surface area (Å²) in [4.78, 5) is 6.44. The monoisotopic (exact) mass is 247 g/mol. The summed E-state index contributed by atoms with van der Waals surface area (Å²) in [7, 11) is 0. The fourth-order valence-corrected chi connectivity index (χ4v) is 2.80. The third kappa shape index (κ3) is 1.96. The molecule has 0 saturated heterocycles. The molecule has 2 aliphatic rings. The minimum Gasteiger partial charge on any atom is -0.369 e. The van der Waals surface area contributed by atoms with Crippen molar-refractivity contribution in [1.29, 1.82) is 0 Å². The SMILES string of the molecule is CC1(CC2CC2)CN=C(N)N1c1ccc(F)cc1. The lowest BCUT2D eigenvalue weighted by Crippen LogP contribution is -2.50. The van der Waals surface area contributed by atoms with Crippen LogP contribution in [0.4, 0.5) is 10.1 Å². The van der Waals surface area contributed by atoms with Gasteiger partial charge in [-0.05, 0) is 43.5 Å². The summed E-state index contributed by atoms with van der Waals surface area (Å²) in [5.74, 6) is 1.13. The Morgan fingerprint density at radius 3 is 2.67 bits per heavy atom. The second-order valence-electron chi connectivity index (χ2n) is 5.63. The molecule has 1 aliphatic carbocycles. The normalized spacial score (nSPS) is 27.4. The highest BCUT2D eigenvalue weighted by Crippen LogP contribution is 2.41. The quantitative estimate of drug-likeness (QED) is 0.891. The van der Waals surface area contributed by atoms with E-state index >= 15 is 0 Å². The molecular weight excluding hydrogens is 229 g/mol. The highest BCUT2D eigenvalue weighted by atomic mass is 19.1. The fraction of sp³-hybridized carbons (Fsp3) is 0.500. The summed E-state index contributed by atoms with van der Waals surface area (Å²) in [6.45, 7) is 2.92. The number of nitrogens with two attached hydrogens (primary N) is 1. The van der Waals surface area contributed by atoms with Gasteiger partial charge in [-0.2, -0.15) is 0 Å². The Kier molecular flexibility index (Phi) is 2.54. The van der Waals surface area contributed by atoms with Gasteiger partial charge in [-0.25, -0.2) is 4.39 Å². The molecule has 0 spiro atoms. The lowest BCUT2D eigenvalue weighted by Gasteiger charge is -2.36. The minimum absolute atomic E-state index is 0.0525. The van der Waals surface area contributed by atoms with Crippen LogP contribution in [0, 0.1) is 11.7 Å². The first-order valence-electron chi connectivity index (χ1n) is 6.44. The van der Waals surface area contributed by atoms with Crippen molar-refractivity contribution in [3.05, 3.63) is 30.1 Å². The van der Waals surface area contributed by atoms with E-state index in [1.54, 1.807) is 12.1 Å². The van der Waals surface area contributed by atoms with Crippen molar-refractivity contribution in [2.75, 3.05) is 11.4 Å². The molecule has 0 radical (unpaired) electrons. The van der Waals surface area contributed by atoms with Crippen LogP contribution in [-0.2, 0) is 0 Å². The summed E-state index contributed by atoms with van der Waals surface area (Å²) in [6, 6.07) is 6.49. The van der Waals surface area contributed by atoms with E-state index < -0.39 is 0 Å². The largest absolute Gasteiger partial charge is 0.369 e. The molecule has 1 aromatic carbocycles. The standard InChI is InChI=1S/C14H18FN3/c1-14(8-10-2-3-10)9-17-13(16)18(14)12-6-4-11(15)5-7-12/h4-7,10H,2-3,8-9H2,1H3,(H2,16,17). The maximum Gasteiger partial charge on any atom is 0.196 e. The summed E-state index contributed by atoms with van der Waals surface area (Å²) in [5.41, 5.74) is 6.88. The molecule has 1 fully saturated rings. The first-order chi connectivity index (χ1) is 8.58. The number of benzene rings is 1. The molecule has 1 saturated carbocycles. The van der Waals surface area contributed by atoms with Crippen molar-refractivity contribution in [3.8, 4) is 0 Å². The van der Waals surface area contributed by atoms with Crippen molar-refractivity contribution in [2.45, 2.75) is 31.7 Å². The van der Waals surface area contributed by atoms with Crippen molar-refractivity contribution in [2.24, 2.45) is 16.6 Å². The van der Waals surface area contributed by atoms with Gasteiger partial charge in [0.15, 0.2) is 5.96 Å². The lowest BCUT2D eigenvalue weighted by molar-refractivity contribution is 0.435. The first-order valence-corrected chi connectivity index (χ1v) is 6.44. The third-order valence-corrected chi connectivity index (χ3v) is 3.86. The van der Waals surface area contributed by atoms with Crippen LogP contribution in [0.2, 0.25) is 0 Å². The number of anilines is 1. The average molecular weight is 247 g/mol. The molecule has 0 amide bonds. The number of rotatable bonds is 3. The number of hydrogen-bond donors (Lipinski definition) is 1. The second kappa shape index (κ2) is 3.97. The fourth-order valence-electron chi connectivity index (χ4n) is 2.80. The van der Waals surface area contributed by atoms with Gasteiger partial charge in [-0.1, -0.05) is 12.8 Å². The van der Waals surface area contributed by atoms with Crippen LogP contribution >= 0.6 is 0 Å². The summed E-state index contributed by atoms with van der Waals surface area (Å²) in [5, 5.41) is 0. The van der Waals surface area contributed by atoms with E-state index in [9.17, 15) is 4.39 Å². The predicted molar refractivity (Wildman–Crippen MR) is 71.1 cm³/mol. The van der Waals surface area contributed by atoms with Crippen molar-refractivity contribution in [3.63, 3.8) is 0 Å². The molecule has 2 N–H and O–H groups in total. The number of guanidine groups is 1. The van der Waals surface area contributed by atoms with E-state index in [2.05, 4.69) is 16.8 Å². The van der Waals surface area contributed by atoms with E-state index in [-0.39, 0.29) is 11.4 Å². The molecule has 3 rings (SSSR count). The summed E-state index contributed by atoms with van der Waals surface area (Å²) in [6.07, 6.45) is 3.73. The second-order valence-corrected chi connectivity index (χ2v) is 5.63. The van der Waals surface area contributed by atoms with Crippen molar-refractivity contribution >= 4 is 11.6 Å². The number of halogens is 1. The highest BCUT2D eigenvalue weighted by Gasteiger charge is 2.42. The van der Waals surface area contributed by atoms with Gasteiger partial charge < -0.3 is 10.6 Å². The zero-order valence-corrected chi connectivity index (χ0v) is 10.6. The summed E-state index contributed by atoms with van der Waals surface area (Å²) < 4.78 is 13.0. The van der Waals surface area contributed by atoms with Gasteiger partial charge in [-0.3, -0.25) is 4.99 Å². The molecule has 96 valence electrons. The van der Waals surface area contributed by atoms with Crippen LogP contribution in [0.3, 0.4) is 0 Å². The van der Waals surface area contributed by atoms with Gasteiger partial charge in [-0.15, -0.1) is 0 Å². The summed E-state index contributed by atoms with van der Waals surface area (Å²) >= 11 is 0. The van der Waals surface area contributed by atoms with Crippen LogP contribution in [0.5, 0.6) is 0 Å². The van der Waals surface area contributed by atoms with E-state index in [1.807, 2.05) is 0 Å². The molecule has 18 heavy (non-hydrogen) atoms. The van der Waals surface area contributed by atoms with Gasteiger partial charge in [0.1, 0.15) is 5.82 Å². The van der Waals surface area contributed by atoms with Gasteiger partial charge in [0, 0.05) is 5.69 Å². The van der Waals surface area contributed by atoms with Crippen LogP contribution in [0.25, 0.3) is 0 Å². The van der Waals surface area contributed by atoms with E-state index in [0.29, 0.717) is 5.96 Å². The molecule has 1 aromatic rings. The Morgan fingerprint density at radius 2 is 2.06 bits per heavy atom. The van der Waals surface area contributed by atoms with Crippen molar-refractivity contribution < 1.29 is 4.39 Å². The molecule has 1 atom stereocenters. The molecule has 1 heterocycles. The topological polar surface area (TPSA) is 41.6 Å². The lowest BCUT2D eigenvalue weighted by atomic mass is 9.93. The van der Waals surface area contributed by atoms with E-state index in [1.165, 1.54) is 25.0 Å². The van der Waals surface area contributed by atoms with Crippen LogP contribution in [0.15, 0.2) is 29.3 Å². The zero-order chi connectivity index (χ0) is 12.8. The molecule has 4 heteroatoms. The van der Waals surface area contributed by atoms with Crippen LogP contribution in [0.1, 0.15) is 26.2 Å². The molecule has 1 unspecified atom stereocenters. The number of hydrogen-bond acceptors (Lipinski definition) is 3. The molecular formula is C14H18FN3. The Hall–Kier alpha value is -1.58. The Labute approximate surface area is 106 Å². The van der Waals surface area contributed by atoms with E-state index in [0.717, 1.165) is 24.6 Å². The Balaban J connectivity index is 1.90. The smallest absolute Gasteiger partial charge is 0.196 e. The molecule has 1 aliphatic heterocycles. The van der Waals surface area contributed by atoms with Crippen molar-refractivity contribution in [1.82, 2.24) is 0 Å². The maximum atomic E-state index is 13.0. The molecule has 3 nitrogen and oxygen atoms in total. The van der Waals surface area contributed by atoms with Crippen LogP contribution in [-0.4, -0.2) is 18.0 Å². The maximum absolute atomic E-state index is 13.0. The highest BCUT2D eigenvalue weighted by molar-refractivity contribution is 5.98. The van der Waals surface area contributed by atoms with Gasteiger partial charge in [0.2, 0.25) is 0 Å². The van der Waals surface area contributed by atoms with Gasteiger partial charge in [0.25, 0.3) is 0 Å². The van der Waals surface area contributed by atoms with Gasteiger partial charge in [0.05, 0.1) is 12.1 Å². The van der Waals surface area contributed by atoms with Crippen LogP contribution < -0.4 is 10.6 Å². The molecule has 0 bridgehead atoms. The average Bonchev–Trinajstić information content (AvgIpc) is 3.08. The first kappa shape index (κ1) is 11.5. The predicted octanol–water partition coefficient (Wildman–Crippen LogP) is 2.52. The number of nitrogens with zero attached hydrogens (tertiary/aromatic N) is 2. The third-order valence-electron chi connectivity index (χ3n) is 3.86. The van der Waals surface area contributed by atoms with Gasteiger partial charge >= 0.3 is 0 Å². The Morgan fingerprint density at radius 1 is 1.39 bits per heavy atom. The number of aliphatic imine (C=N–C) groups is 1.